The third-order valence-electron chi connectivity index (χ3n) is 12.1. The standard InChI is InChI=1S/C47H49ClFN9O4/c1-57(28-29-23-25-58(26-24-29)35-19-13-30(14-20-35)36-21-22-42(59)55-46(36)62)41-8-4-7-40(41)54-45(61)32-11-17-34(18-12-32)52-47-50-27-38(49)43(56-47)51-33-15-9-31(10-16-33)44(60)53-39-6-3-2-5-37(39)48/h2-3,5-6,9-20,27,29,36,40-41H,4,7-8,21-26,28H2,1H3,(H,53,60)(H,54,61)(H,55,59,62)(H2,50,51,52,56)/t36?,40-,41+/m0/s1. The van der Waals surface area contributed by atoms with Crippen LogP contribution in [0.1, 0.15) is 77.1 Å². The van der Waals surface area contributed by atoms with Crippen LogP contribution in [-0.2, 0) is 9.59 Å². The molecule has 62 heavy (non-hydrogen) atoms. The first-order chi connectivity index (χ1) is 30.1. The summed E-state index contributed by atoms with van der Waals surface area (Å²) >= 11 is 6.16. The number of carbonyl (C=O) groups excluding carboxylic acids is 4. The lowest BCUT2D eigenvalue weighted by molar-refractivity contribution is -0.134. The number of rotatable bonds is 13. The first kappa shape index (κ1) is 42.3. The lowest BCUT2D eigenvalue weighted by atomic mass is 9.90. The molecule has 320 valence electrons. The monoisotopic (exact) mass is 857 g/mol. The zero-order chi connectivity index (χ0) is 43.2. The van der Waals surface area contributed by atoms with E-state index in [1.165, 1.54) is 0 Å². The summed E-state index contributed by atoms with van der Waals surface area (Å²) in [6.45, 7) is 2.89. The Labute approximate surface area is 364 Å². The number of aromatic nitrogens is 2. The van der Waals surface area contributed by atoms with Gasteiger partial charge in [-0.05, 0) is 130 Å². The Hall–Kier alpha value is -6.38. The van der Waals surface area contributed by atoms with E-state index in [0.29, 0.717) is 52.0 Å². The van der Waals surface area contributed by atoms with Crippen LogP contribution in [0.25, 0.3) is 0 Å². The predicted octanol–water partition coefficient (Wildman–Crippen LogP) is 8.03. The van der Waals surface area contributed by atoms with Crippen molar-refractivity contribution in [2.75, 3.05) is 47.5 Å². The lowest BCUT2D eigenvalue weighted by Gasteiger charge is -2.38. The number of para-hydroxylation sites is 1. The van der Waals surface area contributed by atoms with Crippen LogP contribution in [0.15, 0.2) is 103 Å². The first-order valence-corrected chi connectivity index (χ1v) is 21.5. The Bertz CT molecular complexity index is 2410. The molecule has 4 aromatic carbocycles. The fourth-order valence-corrected chi connectivity index (χ4v) is 8.86. The highest BCUT2D eigenvalue weighted by molar-refractivity contribution is 6.33. The highest BCUT2D eigenvalue weighted by atomic mass is 35.5. The van der Waals surface area contributed by atoms with Gasteiger partial charge in [-0.25, -0.2) is 9.37 Å². The van der Waals surface area contributed by atoms with Crippen LogP contribution in [0.3, 0.4) is 0 Å². The van der Waals surface area contributed by atoms with E-state index in [1.54, 1.807) is 72.8 Å². The van der Waals surface area contributed by atoms with Gasteiger partial charge in [0.05, 0.1) is 22.8 Å². The molecule has 3 atom stereocenters. The molecule has 8 rings (SSSR count). The fourth-order valence-electron chi connectivity index (χ4n) is 8.68. The number of amides is 4. The summed E-state index contributed by atoms with van der Waals surface area (Å²) in [7, 11) is 2.18. The maximum absolute atomic E-state index is 14.8. The van der Waals surface area contributed by atoms with Crippen LogP contribution in [0.5, 0.6) is 0 Å². The predicted molar refractivity (Wildman–Crippen MR) is 239 cm³/mol. The molecule has 2 aliphatic heterocycles. The Morgan fingerprint density at radius 2 is 1.52 bits per heavy atom. The molecule has 1 saturated carbocycles. The third kappa shape index (κ3) is 10.2. The van der Waals surface area contributed by atoms with Crippen LogP contribution in [0.4, 0.5) is 38.9 Å². The molecule has 3 aliphatic rings. The molecule has 15 heteroatoms. The number of benzene rings is 4. The van der Waals surface area contributed by atoms with Gasteiger partial charge in [-0.15, -0.1) is 0 Å². The molecular weight excluding hydrogens is 809 g/mol. The number of nitrogens with zero attached hydrogens (tertiary/aromatic N) is 4. The van der Waals surface area contributed by atoms with Crippen LogP contribution in [0.2, 0.25) is 5.02 Å². The molecule has 5 N–H and O–H groups in total. The second-order valence-electron chi connectivity index (χ2n) is 16.3. The van der Waals surface area contributed by atoms with Crippen molar-refractivity contribution in [2.45, 2.75) is 62.9 Å². The zero-order valence-electron chi connectivity index (χ0n) is 34.4. The average Bonchev–Trinajstić information content (AvgIpc) is 3.75. The molecule has 3 fully saturated rings. The molecule has 5 aromatic rings. The van der Waals surface area contributed by atoms with Crippen LogP contribution < -0.4 is 31.5 Å². The minimum Gasteiger partial charge on any atom is -0.372 e. The molecule has 0 radical (unpaired) electrons. The molecule has 1 aromatic heterocycles. The maximum atomic E-state index is 14.8. The Balaban J connectivity index is 0.794. The highest BCUT2D eigenvalue weighted by Crippen LogP contribution is 2.31. The number of hydrogen-bond acceptors (Lipinski definition) is 10. The minimum atomic E-state index is -0.655. The number of nitrogens with one attached hydrogen (secondary N) is 5. The summed E-state index contributed by atoms with van der Waals surface area (Å²) in [4.78, 5) is 63.3. The summed E-state index contributed by atoms with van der Waals surface area (Å²) in [6, 6.07) is 29.0. The smallest absolute Gasteiger partial charge is 0.255 e. The lowest BCUT2D eigenvalue weighted by Crippen LogP contribution is -2.49. The van der Waals surface area contributed by atoms with E-state index in [-0.39, 0.29) is 53.4 Å². The second-order valence-corrected chi connectivity index (χ2v) is 16.7. The molecule has 0 bridgehead atoms. The van der Waals surface area contributed by atoms with Crippen LogP contribution >= 0.6 is 11.6 Å². The van der Waals surface area contributed by atoms with Gasteiger partial charge in [-0.1, -0.05) is 35.9 Å². The molecule has 4 amide bonds. The largest absolute Gasteiger partial charge is 0.372 e. The van der Waals surface area contributed by atoms with E-state index in [1.807, 2.05) is 12.1 Å². The second kappa shape index (κ2) is 19.1. The maximum Gasteiger partial charge on any atom is 0.255 e. The molecule has 1 unspecified atom stereocenters. The Kier molecular flexibility index (Phi) is 13.1. The Morgan fingerprint density at radius 3 is 2.21 bits per heavy atom. The number of carbonyl (C=O) groups is 4. The quantitative estimate of drug-likeness (QED) is 0.0734. The summed E-state index contributed by atoms with van der Waals surface area (Å²) < 4.78 is 14.8. The van der Waals surface area contributed by atoms with Crippen molar-refractivity contribution >= 4 is 69.7 Å². The Morgan fingerprint density at radius 1 is 0.839 bits per heavy atom. The van der Waals surface area contributed by atoms with Gasteiger partial charge in [0.2, 0.25) is 17.8 Å². The molecule has 0 spiro atoms. The third-order valence-corrected chi connectivity index (χ3v) is 12.4. The number of imide groups is 1. The van der Waals surface area contributed by atoms with E-state index >= 15 is 0 Å². The van der Waals surface area contributed by atoms with Crippen LogP contribution in [0, 0.1) is 11.7 Å². The average molecular weight is 858 g/mol. The molecular formula is C47H49ClFN9O4. The summed E-state index contributed by atoms with van der Waals surface area (Å²) in [6.07, 6.45) is 7.15. The number of piperidine rings is 2. The van der Waals surface area contributed by atoms with Crippen molar-refractivity contribution in [3.05, 3.63) is 131 Å². The summed E-state index contributed by atoms with van der Waals surface area (Å²) in [5.74, 6) is -1.14. The van der Waals surface area contributed by atoms with Gasteiger partial charge in [0.1, 0.15) is 0 Å². The van der Waals surface area contributed by atoms with Gasteiger partial charge in [-0.2, -0.15) is 4.98 Å². The van der Waals surface area contributed by atoms with Gasteiger partial charge in [0.15, 0.2) is 11.6 Å². The van der Waals surface area contributed by atoms with E-state index in [2.05, 4.69) is 65.5 Å². The van der Waals surface area contributed by atoms with Gasteiger partial charge >= 0.3 is 0 Å². The highest BCUT2D eigenvalue weighted by Gasteiger charge is 2.34. The van der Waals surface area contributed by atoms with Gasteiger partial charge in [-0.3, -0.25) is 24.5 Å². The van der Waals surface area contributed by atoms with Crippen molar-refractivity contribution in [3.8, 4) is 0 Å². The SMILES string of the molecule is CN(CC1CCN(c2ccc(C3CCC(=O)NC3=O)cc2)CC1)[C@@H]1CCC[C@@H]1NC(=O)c1ccc(Nc2ncc(F)c(Nc3ccc(C(=O)Nc4ccccc4Cl)cc3)n2)cc1. The number of hydrogen-bond donors (Lipinski definition) is 5. The van der Waals surface area contributed by atoms with Gasteiger partial charge in [0, 0.05) is 66.3 Å². The number of likely N-dealkylation sites (N-methyl/N-ethyl adjacent to an activating group) is 1. The van der Waals surface area contributed by atoms with E-state index in [4.69, 9.17) is 11.6 Å². The topological polar surface area (TPSA) is 161 Å². The van der Waals surface area contributed by atoms with E-state index < -0.39 is 5.82 Å². The van der Waals surface area contributed by atoms with Crippen molar-refractivity contribution in [1.82, 2.24) is 25.5 Å². The number of anilines is 6. The molecule has 13 nitrogen and oxygen atoms in total. The molecule has 3 heterocycles. The fraction of sp³-hybridized carbons (Fsp3) is 0.319. The van der Waals surface area contributed by atoms with Crippen molar-refractivity contribution < 1.29 is 23.6 Å². The number of halogens is 2. The van der Waals surface area contributed by atoms with Crippen LogP contribution in [-0.4, -0.2) is 77.3 Å². The molecule has 2 saturated heterocycles. The molecule has 1 aliphatic carbocycles. The first-order valence-electron chi connectivity index (χ1n) is 21.1. The van der Waals surface area contributed by atoms with Crippen molar-refractivity contribution in [2.24, 2.45) is 5.92 Å². The zero-order valence-corrected chi connectivity index (χ0v) is 35.1. The normalized spacial score (nSPS) is 19.2. The van der Waals surface area contributed by atoms with Gasteiger partial charge < -0.3 is 31.1 Å². The summed E-state index contributed by atoms with van der Waals surface area (Å²) in [5, 5.41) is 15.0. The summed E-state index contributed by atoms with van der Waals surface area (Å²) in [5.41, 5.74) is 4.68. The van der Waals surface area contributed by atoms with Crippen molar-refractivity contribution in [1.29, 1.82) is 0 Å². The van der Waals surface area contributed by atoms with Crippen molar-refractivity contribution in [3.63, 3.8) is 0 Å². The minimum absolute atomic E-state index is 0.0496. The van der Waals surface area contributed by atoms with E-state index in [0.717, 1.165) is 69.2 Å². The van der Waals surface area contributed by atoms with Gasteiger partial charge in [0.25, 0.3) is 11.8 Å². The van der Waals surface area contributed by atoms with E-state index in [9.17, 15) is 23.6 Å².